The monoisotopic (exact) mass is 434 g/mol. The molecule has 0 amide bonds. The van der Waals surface area contributed by atoms with Crippen LogP contribution in [0.5, 0.6) is 28.7 Å². The molecule has 4 rings (SSSR count). The Bertz CT molecular complexity index is 1020. The highest BCUT2D eigenvalue weighted by molar-refractivity contribution is 5.69. The van der Waals surface area contributed by atoms with Crippen LogP contribution in [0.4, 0.5) is 0 Å². The topological polar surface area (TPSA) is 169 Å². The second-order valence-corrected chi connectivity index (χ2v) is 7.47. The molecule has 0 aliphatic carbocycles. The molecule has 10 heteroatoms. The zero-order valence-electron chi connectivity index (χ0n) is 16.3. The quantitative estimate of drug-likeness (QED) is 0.343. The number of benzene rings is 2. The lowest BCUT2D eigenvalue weighted by atomic mass is 9.99. The zero-order valence-corrected chi connectivity index (χ0v) is 16.3. The van der Waals surface area contributed by atoms with Crippen molar-refractivity contribution in [1.29, 1.82) is 0 Å². The lowest BCUT2D eigenvalue weighted by molar-refractivity contribution is -0.285. The molecule has 0 spiro atoms. The van der Waals surface area contributed by atoms with E-state index >= 15 is 0 Å². The molecule has 1 saturated heterocycles. The maximum atomic E-state index is 10.3. The predicted octanol–water partition coefficient (Wildman–Crippen LogP) is 0.828. The summed E-state index contributed by atoms with van der Waals surface area (Å²) in [6, 6.07) is 6.34. The maximum absolute atomic E-state index is 10.3. The number of phenols is 4. The molecule has 2 aromatic carbocycles. The standard InChI is InChI=1S/C21H22O10/c1-8-17(26)18(27)19(28)21(29-8)31-16-7-11-13(24)5-10(22)6-15(11)30-20(16)9-2-3-12(23)14(25)4-9/h2-8,17-28H,1H3. The van der Waals surface area contributed by atoms with Gasteiger partial charge < -0.3 is 50.0 Å². The van der Waals surface area contributed by atoms with Gasteiger partial charge in [-0.25, -0.2) is 0 Å². The van der Waals surface area contributed by atoms with Gasteiger partial charge in [0.15, 0.2) is 17.6 Å². The van der Waals surface area contributed by atoms with Crippen LogP contribution < -0.4 is 4.74 Å². The van der Waals surface area contributed by atoms with Gasteiger partial charge in [-0.15, -0.1) is 0 Å². The number of aromatic hydroxyl groups is 4. The molecule has 2 aliphatic heterocycles. The number of rotatable bonds is 3. The van der Waals surface area contributed by atoms with Crippen molar-refractivity contribution in [2.75, 3.05) is 0 Å². The van der Waals surface area contributed by atoms with Crippen molar-refractivity contribution in [2.45, 2.75) is 43.7 Å². The Labute approximate surface area is 176 Å². The average Bonchev–Trinajstić information content (AvgIpc) is 2.72. The number of fused-ring (bicyclic) bond motifs is 1. The summed E-state index contributed by atoms with van der Waals surface area (Å²) in [5.41, 5.74) is 0.528. The first kappa shape index (κ1) is 21.1. The van der Waals surface area contributed by atoms with Crippen LogP contribution in [0.15, 0.2) is 36.1 Å². The van der Waals surface area contributed by atoms with Gasteiger partial charge in [-0.05, 0) is 25.1 Å². The van der Waals surface area contributed by atoms with Gasteiger partial charge in [-0.1, -0.05) is 6.07 Å². The lowest BCUT2D eigenvalue weighted by Crippen LogP contribution is -2.57. The largest absolute Gasteiger partial charge is 0.508 e. The fraction of sp³-hybridized carbons (Fsp3) is 0.333. The van der Waals surface area contributed by atoms with Crippen LogP contribution in [0.25, 0.3) is 6.08 Å². The van der Waals surface area contributed by atoms with Gasteiger partial charge in [-0.2, -0.15) is 0 Å². The Hall–Kier alpha value is -3.18. The molecule has 7 N–H and O–H groups in total. The van der Waals surface area contributed by atoms with Crippen LogP contribution in [0.3, 0.4) is 0 Å². The molecule has 1 fully saturated rings. The van der Waals surface area contributed by atoms with Gasteiger partial charge in [0, 0.05) is 17.7 Å². The van der Waals surface area contributed by atoms with Crippen molar-refractivity contribution < 1.29 is 50.0 Å². The summed E-state index contributed by atoms with van der Waals surface area (Å²) in [4.78, 5) is 0. The van der Waals surface area contributed by atoms with E-state index in [1.807, 2.05) is 0 Å². The third-order valence-electron chi connectivity index (χ3n) is 5.26. The fourth-order valence-corrected chi connectivity index (χ4v) is 3.52. The third-order valence-corrected chi connectivity index (χ3v) is 5.26. The number of aliphatic hydroxyl groups is 3. The first-order valence-corrected chi connectivity index (χ1v) is 9.48. The summed E-state index contributed by atoms with van der Waals surface area (Å²) in [5.74, 6) is -1.13. The van der Waals surface area contributed by atoms with Crippen LogP contribution in [0, 0.1) is 0 Å². The molecule has 6 atom stereocenters. The Balaban J connectivity index is 1.74. The van der Waals surface area contributed by atoms with E-state index < -0.39 is 42.6 Å². The number of aliphatic hydroxyl groups excluding tert-OH is 3. The van der Waals surface area contributed by atoms with Crippen molar-refractivity contribution in [3.8, 4) is 28.7 Å². The highest BCUT2D eigenvalue weighted by atomic mass is 16.7. The molecule has 0 aromatic heterocycles. The van der Waals surface area contributed by atoms with Gasteiger partial charge in [0.1, 0.15) is 41.3 Å². The number of ether oxygens (including phenoxy) is 3. The summed E-state index contributed by atoms with van der Waals surface area (Å²) in [5, 5.41) is 69.7. The van der Waals surface area contributed by atoms with E-state index in [9.17, 15) is 35.7 Å². The average molecular weight is 434 g/mol. The van der Waals surface area contributed by atoms with Crippen molar-refractivity contribution in [3.63, 3.8) is 0 Å². The Morgan fingerprint density at radius 1 is 0.839 bits per heavy atom. The molecule has 0 bridgehead atoms. The van der Waals surface area contributed by atoms with E-state index in [-0.39, 0.29) is 34.3 Å². The first-order valence-electron chi connectivity index (χ1n) is 9.48. The molecule has 0 saturated carbocycles. The highest BCUT2D eigenvalue weighted by Crippen LogP contribution is 2.45. The van der Waals surface area contributed by atoms with Gasteiger partial charge in [0.2, 0.25) is 6.29 Å². The van der Waals surface area contributed by atoms with E-state index in [1.165, 1.54) is 37.3 Å². The van der Waals surface area contributed by atoms with Gasteiger partial charge in [-0.3, -0.25) is 0 Å². The van der Waals surface area contributed by atoms with E-state index in [0.29, 0.717) is 5.56 Å². The van der Waals surface area contributed by atoms with Gasteiger partial charge in [0.25, 0.3) is 0 Å². The van der Waals surface area contributed by atoms with E-state index in [2.05, 4.69) is 0 Å². The van der Waals surface area contributed by atoms with Crippen LogP contribution >= 0.6 is 0 Å². The van der Waals surface area contributed by atoms with Crippen molar-refractivity contribution >= 4 is 6.08 Å². The van der Waals surface area contributed by atoms with Crippen molar-refractivity contribution in [3.05, 3.63) is 47.2 Å². The Morgan fingerprint density at radius 2 is 1.58 bits per heavy atom. The summed E-state index contributed by atoms with van der Waals surface area (Å²) >= 11 is 0. The SMILES string of the molecule is CC1OC(OC2=Cc3c(O)cc(O)cc3OC2c2ccc(O)c(O)c2)C(O)C(O)C1O. The summed E-state index contributed by atoms with van der Waals surface area (Å²) in [7, 11) is 0. The molecular formula is C21H22O10. The van der Waals surface area contributed by atoms with Crippen LogP contribution in [0.1, 0.15) is 24.2 Å². The molecule has 0 radical (unpaired) electrons. The summed E-state index contributed by atoms with van der Waals surface area (Å²) in [6.07, 6.45) is -6.28. The second kappa shape index (κ2) is 7.82. The Kier molecular flexibility index (Phi) is 5.31. The van der Waals surface area contributed by atoms with Crippen LogP contribution in [-0.4, -0.2) is 66.5 Å². The van der Waals surface area contributed by atoms with Crippen LogP contribution in [0.2, 0.25) is 0 Å². The maximum Gasteiger partial charge on any atom is 0.228 e. The molecule has 2 heterocycles. The van der Waals surface area contributed by atoms with Gasteiger partial charge >= 0.3 is 0 Å². The van der Waals surface area contributed by atoms with Crippen molar-refractivity contribution in [2.24, 2.45) is 0 Å². The summed E-state index contributed by atoms with van der Waals surface area (Å²) < 4.78 is 17.1. The lowest BCUT2D eigenvalue weighted by Gasteiger charge is -2.40. The minimum absolute atomic E-state index is 0.0402. The van der Waals surface area contributed by atoms with E-state index in [4.69, 9.17) is 14.2 Å². The molecule has 10 nitrogen and oxygen atoms in total. The number of hydrogen-bond acceptors (Lipinski definition) is 10. The van der Waals surface area contributed by atoms with E-state index in [0.717, 1.165) is 6.07 Å². The first-order chi connectivity index (χ1) is 14.7. The fourth-order valence-electron chi connectivity index (χ4n) is 3.52. The smallest absolute Gasteiger partial charge is 0.228 e. The molecule has 2 aromatic rings. The van der Waals surface area contributed by atoms with Crippen molar-refractivity contribution in [1.82, 2.24) is 0 Å². The number of hydrogen-bond donors (Lipinski definition) is 7. The Morgan fingerprint density at radius 3 is 2.29 bits per heavy atom. The molecular weight excluding hydrogens is 412 g/mol. The minimum atomic E-state index is -1.59. The van der Waals surface area contributed by atoms with Gasteiger partial charge in [0.05, 0.1) is 11.7 Å². The molecule has 166 valence electrons. The minimum Gasteiger partial charge on any atom is -0.508 e. The predicted molar refractivity (Wildman–Crippen MR) is 104 cm³/mol. The normalized spacial score (nSPS) is 30.1. The molecule has 2 aliphatic rings. The molecule has 6 unspecified atom stereocenters. The molecule has 31 heavy (non-hydrogen) atoms. The highest BCUT2D eigenvalue weighted by Gasteiger charge is 2.44. The third kappa shape index (κ3) is 3.81. The van der Waals surface area contributed by atoms with E-state index in [1.54, 1.807) is 0 Å². The van der Waals surface area contributed by atoms with Crippen LogP contribution in [-0.2, 0) is 9.47 Å². The summed E-state index contributed by atoms with van der Waals surface area (Å²) in [6.45, 7) is 1.50. The number of phenolic OH excluding ortho intramolecular Hbond substituents is 4. The zero-order chi connectivity index (χ0) is 22.4. The second-order valence-electron chi connectivity index (χ2n) is 7.47.